The molecule has 2 amide bonds. The smallest absolute Gasteiger partial charge is 0.280 e. The summed E-state index contributed by atoms with van der Waals surface area (Å²) in [6.07, 6.45) is 4.46. The number of carbonyl (C=O) groups is 2. The highest BCUT2D eigenvalue weighted by Crippen LogP contribution is 2.19. The fraction of sp³-hybridized carbons (Fsp3) is 0.643. The first-order valence-corrected chi connectivity index (χ1v) is 9.41. The largest absolute Gasteiger partial charge is 0.347 e. The second-order valence-electron chi connectivity index (χ2n) is 5.40. The van der Waals surface area contributed by atoms with Gasteiger partial charge in [0.05, 0.1) is 0 Å². The number of thioether (sulfide) groups is 1. The predicted octanol–water partition coefficient (Wildman–Crippen LogP) is 2.00. The number of thiazole rings is 1. The van der Waals surface area contributed by atoms with Crippen LogP contribution in [0.1, 0.15) is 46.0 Å². The van der Waals surface area contributed by atoms with Crippen LogP contribution in [0.2, 0.25) is 0 Å². The molecule has 2 heterocycles. The topological polar surface area (TPSA) is 62.3 Å². The highest BCUT2D eigenvalue weighted by molar-refractivity contribution is 7.99. The third-order valence-corrected chi connectivity index (χ3v) is 5.69. The van der Waals surface area contributed by atoms with Crippen molar-refractivity contribution in [3.63, 3.8) is 0 Å². The van der Waals surface area contributed by atoms with E-state index in [0.717, 1.165) is 37.4 Å². The number of carbonyl (C=O) groups excluding carboxylic acids is 2. The molecule has 1 saturated heterocycles. The molecule has 2 aliphatic rings. The molecule has 1 saturated carbocycles. The highest BCUT2D eigenvalue weighted by atomic mass is 32.2. The van der Waals surface area contributed by atoms with Gasteiger partial charge in [0.15, 0.2) is 5.01 Å². The minimum Gasteiger partial charge on any atom is -0.347 e. The van der Waals surface area contributed by atoms with Crippen LogP contribution in [0, 0.1) is 0 Å². The third kappa shape index (κ3) is 3.58. The summed E-state index contributed by atoms with van der Waals surface area (Å²) in [5.74, 6) is 1.77. The monoisotopic (exact) mass is 325 g/mol. The third-order valence-electron chi connectivity index (χ3n) is 3.91. The zero-order valence-corrected chi connectivity index (χ0v) is 13.5. The van der Waals surface area contributed by atoms with Gasteiger partial charge in [-0.05, 0) is 12.8 Å². The molecule has 0 atom stereocenters. The zero-order chi connectivity index (χ0) is 14.7. The van der Waals surface area contributed by atoms with Crippen molar-refractivity contribution in [1.82, 2.24) is 15.2 Å². The lowest BCUT2D eigenvalue weighted by Gasteiger charge is -2.25. The lowest BCUT2D eigenvalue weighted by atomic mass is 10.2. The van der Waals surface area contributed by atoms with E-state index in [0.29, 0.717) is 10.7 Å². The van der Waals surface area contributed by atoms with Gasteiger partial charge in [0.1, 0.15) is 5.69 Å². The first-order chi connectivity index (χ1) is 10.2. The Morgan fingerprint density at radius 1 is 1.24 bits per heavy atom. The molecule has 0 bridgehead atoms. The molecule has 114 valence electrons. The van der Waals surface area contributed by atoms with Gasteiger partial charge in [-0.2, -0.15) is 11.8 Å². The summed E-state index contributed by atoms with van der Waals surface area (Å²) in [5, 5.41) is 5.11. The maximum atomic E-state index is 12.3. The first-order valence-electron chi connectivity index (χ1n) is 7.37. The fourth-order valence-corrected chi connectivity index (χ4v) is 4.32. The number of aromatic nitrogens is 1. The predicted molar refractivity (Wildman–Crippen MR) is 85.1 cm³/mol. The molecule has 5 nitrogen and oxygen atoms in total. The lowest BCUT2D eigenvalue weighted by molar-refractivity contribution is 0.0767. The van der Waals surface area contributed by atoms with Crippen LogP contribution in [0.15, 0.2) is 5.38 Å². The molecule has 21 heavy (non-hydrogen) atoms. The second-order valence-corrected chi connectivity index (χ2v) is 7.48. The molecule has 1 N–H and O–H groups in total. The number of rotatable bonds is 3. The van der Waals surface area contributed by atoms with Gasteiger partial charge in [0.25, 0.3) is 11.8 Å². The van der Waals surface area contributed by atoms with Gasteiger partial charge >= 0.3 is 0 Å². The molecule has 1 aliphatic carbocycles. The van der Waals surface area contributed by atoms with Gasteiger partial charge in [-0.25, -0.2) is 4.98 Å². The Kier molecular flexibility index (Phi) is 4.80. The van der Waals surface area contributed by atoms with Gasteiger partial charge in [-0.1, -0.05) is 12.8 Å². The van der Waals surface area contributed by atoms with Crippen LogP contribution in [-0.4, -0.2) is 52.3 Å². The maximum absolute atomic E-state index is 12.3. The summed E-state index contributed by atoms with van der Waals surface area (Å²) in [5.41, 5.74) is 0.406. The normalized spacial score (nSPS) is 19.7. The van der Waals surface area contributed by atoms with E-state index < -0.39 is 0 Å². The number of hydrogen-bond acceptors (Lipinski definition) is 5. The Balaban J connectivity index is 1.62. The van der Waals surface area contributed by atoms with Crippen LogP contribution in [0.25, 0.3) is 0 Å². The summed E-state index contributed by atoms with van der Waals surface area (Å²) < 4.78 is 0. The quantitative estimate of drug-likeness (QED) is 0.923. The Hall–Kier alpha value is -1.08. The van der Waals surface area contributed by atoms with Gasteiger partial charge in [-0.3, -0.25) is 9.59 Å². The van der Waals surface area contributed by atoms with Crippen molar-refractivity contribution in [3.05, 3.63) is 16.1 Å². The van der Waals surface area contributed by atoms with E-state index in [1.54, 1.807) is 5.38 Å². The van der Waals surface area contributed by atoms with Crippen LogP contribution in [-0.2, 0) is 0 Å². The Bertz CT molecular complexity index is 520. The summed E-state index contributed by atoms with van der Waals surface area (Å²) in [6.45, 7) is 1.54. The standard InChI is InChI=1S/C14H19N3O2S2/c18-12(15-10-3-1-2-4-10)13-16-11(9-21-13)14(19)17-5-7-20-8-6-17/h9-10H,1-8H2,(H,15,18). The summed E-state index contributed by atoms with van der Waals surface area (Å²) in [7, 11) is 0. The van der Waals surface area contributed by atoms with Crippen molar-refractivity contribution >= 4 is 34.9 Å². The molecule has 1 aromatic heterocycles. The van der Waals surface area contributed by atoms with E-state index in [-0.39, 0.29) is 17.9 Å². The SMILES string of the molecule is O=C(NC1CCCC1)c1nc(C(=O)N2CCSCC2)cs1. The minimum atomic E-state index is -0.139. The molecular formula is C14H19N3O2S2. The van der Waals surface area contributed by atoms with Gasteiger partial charge in [-0.15, -0.1) is 11.3 Å². The van der Waals surface area contributed by atoms with E-state index in [9.17, 15) is 9.59 Å². The average molecular weight is 325 g/mol. The zero-order valence-electron chi connectivity index (χ0n) is 11.8. The number of hydrogen-bond donors (Lipinski definition) is 1. The molecule has 3 rings (SSSR count). The van der Waals surface area contributed by atoms with Crippen molar-refractivity contribution in [3.8, 4) is 0 Å². The lowest BCUT2D eigenvalue weighted by Crippen LogP contribution is -2.38. The van der Waals surface area contributed by atoms with E-state index in [2.05, 4.69) is 10.3 Å². The summed E-state index contributed by atoms with van der Waals surface area (Å²) in [6, 6.07) is 0.277. The van der Waals surface area contributed by atoms with E-state index >= 15 is 0 Å². The second kappa shape index (κ2) is 6.79. The van der Waals surface area contributed by atoms with E-state index in [4.69, 9.17) is 0 Å². The molecule has 7 heteroatoms. The Morgan fingerprint density at radius 3 is 2.67 bits per heavy atom. The highest BCUT2D eigenvalue weighted by Gasteiger charge is 2.24. The van der Waals surface area contributed by atoms with Crippen LogP contribution in [0.5, 0.6) is 0 Å². The van der Waals surface area contributed by atoms with Crippen LogP contribution in [0.3, 0.4) is 0 Å². The number of amides is 2. The molecule has 0 radical (unpaired) electrons. The van der Waals surface area contributed by atoms with Gasteiger partial charge < -0.3 is 10.2 Å². The van der Waals surface area contributed by atoms with Crippen molar-refractivity contribution in [2.24, 2.45) is 0 Å². The molecule has 1 aliphatic heterocycles. The van der Waals surface area contributed by atoms with Crippen LogP contribution in [0.4, 0.5) is 0 Å². The Morgan fingerprint density at radius 2 is 1.95 bits per heavy atom. The van der Waals surface area contributed by atoms with Crippen molar-refractivity contribution in [2.75, 3.05) is 24.6 Å². The fourth-order valence-electron chi connectivity index (χ4n) is 2.72. The van der Waals surface area contributed by atoms with Crippen molar-refractivity contribution < 1.29 is 9.59 Å². The van der Waals surface area contributed by atoms with E-state index in [1.165, 1.54) is 24.2 Å². The maximum Gasteiger partial charge on any atom is 0.280 e. The van der Waals surface area contributed by atoms with Gasteiger partial charge in [0, 0.05) is 36.0 Å². The van der Waals surface area contributed by atoms with Crippen LogP contribution < -0.4 is 5.32 Å². The molecule has 1 aromatic rings. The van der Waals surface area contributed by atoms with Gasteiger partial charge in [0.2, 0.25) is 0 Å². The molecule has 0 spiro atoms. The van der Waals surface area contributed by atoms with Crippen molar-refractivity contribution in [2.45, 2.75) is 31.7 Å². The average Bonchev–Trinajstić information content (AvgIpc) is 3.18. The van der Waals surface area contributed by atoms with Crippen LogP contribution >= 0.6 is 23.1 Å². The minimum absolute atomic E-state index is 0.0496. The Labute approximate surface area is 132 Å². The van der Waals surface area contributed by atoms with Crippen molar-refractivity contribution in [1.29, 1.82) is 0 Å². The number of nitrogens with one attached hydrogen (secondary N) is 1. The first kappa shape index (κ1) is 14.8. The molecule has 2 fully saturated rings. The molecular weight excluding hydrogens is 306 g/mol. The molecule has 0 aromatic carbocycles. The van der Waals surface area contributed by atoms with E-state index in [1.807, 2.05) is 16.7 Å². The summed E-state index contributed by atoms with van der Waals surface area (Å²) in [4.78, 5) is 30.5. The number of nitrogens with zero attached hydrogens (tertiary/aromatic N) is 2. The summed E-state index contributed by atoms with van der Waals surface area (Å²) >= 11 is 3.12. The molecule has 0 unspecified atom stereocenters.